The summed E-state index contributed by atoms with van der Waals surface area (Å²) in [6.07, 6.45) is 0. The molecule has 2 nitrogen and oxygen atoms in total. The van der Waals surface area contributed by atoms with Crippen LogP contribution in [0.3, 0.4) is 0 Å². The summed E-state index contributed by atoms with van der Waals surface area (Å²) in [4.78, 5) is 0. The molecule has 0 aliphatic heterocycles. The molecule has 0 bridgehead atoms. The summed E-state index contributed by atoms with van der Waals surface area (Å²) >= 11 is 0. The van der Waals surface area contributed by atoms with Gasteiger partial charge in [-0.1, -0.05) is 26.8 Å². The van der Waals surface area contributed by atoms with Gasteiger partial charge in [0.1, 0.15) is 0 Å². The molecule has 0 aromatic heterocycles. The molecule has 0 fully saturated rings. The van der Waals surface area contributed by atoms with Gasteiger partial charge in [-0.3, -0.25) is 0 Å². The van der Waals surface area contributed by atoms with Gasteiger partial charge in [0.15, 0.2) is 0 Å². The van der Waals surface area contributed by atoms with Crippen LogP contribution in [0.5, 0.6) is 0 Å². The Morgan fingerprint density at radius 1 is 1.10 bits per heavy atom. The minimum absolute atomic E-state index is 0.0915. The van der Waals surface area contributed by atoms with E-state index in [1.807, 2.05) is 0 Å². The minimum atomic E-state index is 0.0915. The Hall–Kier alpha value is 0.137. The predicted octanol–water partition coefficient (Wildman–Crippen LogP) is 0.0960. The molecule has 3 heteroatoms. The predicted molar refractivity (Wildman–Crippen MR) is 50.2 cm³/mol. The quantitative estimate of drug-likeness (QED) is 0.425. The van der Waals surface area contributed by atoms with Gasteiger partial charge in [-0.15, -0.1) is 0 Å². The number of nitrogens with one attached hydrogen (secondary N) is 2. The van der Waals surface area contributed by atoms with Crippen LogP contribution >= 0.6 is 0 Å². The van der Waals surface area contributed by atoms with E-state index < -0.39 is 0 Å². The average molecular weight is 160 g/mol. The first kappa shape index (κ1) is 10.1. The van der Waals surface area contributed by atoms with Crippen molar-refractivity contribution in [3.8, 4) is 0 Å². The molecule has 0 aliphatic rings. The highest BCUT2D eigenvalue weighted by Gasteiger charge is 2.01. The summed E-state index contributed by atoms with van der Waals surface area (Å²) in [6, 6.07) is 1.38. The number of hydrogen-bond acceptors (Lipinski definition) is 2. The largest absolute Gasteiger partial charge is 0.306 e. The molecule has 0 saturated heterocycles. The zero-order chi connectivity index (χ0) is 7.82. The van der Waals surface area contributed by atoms with Crippen molar-refractivity contribution in [3.63, 3.8) is 0 Å². The normalized spacial score (nSPS) is 12.0. The van der Waals surface area contributed by atoms with Gasteiger partial charge in [0, 0.05) is 5.79 Å². The highest BCUT2D eigenvalue weighted by molar-refractivity contribution is 6.37. The van der Waals surface area contributed by atoms with Crippen molar-refractivity contribution in [2.45, 2.75) is 32.6 Å². The zero-order valence-corrected chi connectivity index (χ0v) is 8.82. The summed E-state index contributed by atoms with van der Waals surface area (Å²) in [7, 11) is 0.0915. The van der Waals surface area contributed by atoms with Crippen molar-refractivity contribution in [2.75, 3.05) is 13.1 Å². The fourth-order valence-corrected chi connectivity index (χ4v) is 2.62. The molecule has 0 heterocycles. The fourth-order valence-electron chi connectivity index (χ4n) is 1.06. The van der Waals surface area contributed by atoms with Crippen molar-refractivity contribution >= 4 is 9.52 Å². The first-order valence-corrected chi connectivity index (χ1v) is 6.13. The SMILES string of the molecule is CCNC(NCC)[SiH2]CC. The van der Waals surface area contributed by atoms with Crippen LogP contribution in [0.15, 0.2) is 0 Å². The van der Waals surface area contributed by atoms with Crippen LogP contribution in [0.2, 0.25) is 6.04 Å². The van der Waals surface area contributed by atoms with Gasteiger partial charge in [-0.05, 0) is 13.1 Å². The summed E-state index contributed by atoms with van der Waals surface area (Å²) in [5.74, 6) is 0.667. The molecule has 2 N–H and O–H groups in total. The second kappa shape index (κ2) is 7.25. The Balaban J connectivity index is 3.30. The standard InChI is InChI=1S/C7H20N2Si/c1-4-8-7(9-5-2)10-6-3/h7-9H,4-6,10H2,1-3H3. The lowest BCUT2D eigenvalue weighted by Crippen LogP contribution is -2.46. The van der Waals surface area contributed by atoms with E-state index in [4.69, 9.17) is 0 Å². The van der Waals surface area contributed by atoms with Crippen molar-refractivity contribution in [1.29, 1.82) is 0 Å². The Bertz CT molecular complexity index is 54.4. The summed E-state index contributed by atoms with van der Waals surface area (Å²) in [5.41, 5.74) is 0. The lowest BCUT2D eigenvalue weighted by molar-refractivity contribution is 0.557. The second-order valence-corrected chi connectivity index (χ2v) is 4.85. The van der Waals surface area contributed by atoms with Crippen molar-refractivity contribution in [2.24, 2.45) is 0 Å². The first-order valence-electron chi connectivity index (χ1n) is 4.31. The van der Waals surface area contributed by atoms with Crippen LogP contribution in [0.4, 0.5) is 0 Å². The summed E-state index contributed by atoms with van der Waals surface area (Å²) in [6.45, 7) is 8.77. The van der Waals surface area contributed by atoms with E-state index >= 15 is 0 Å². The van der Waals surface area contributed by atoms with Gasteiger partial charge in [-0.2, -0.15) is 0 Å². The van der Waals surface area contributed by atoms with Gasteiger partial charge < -0.3 is 10.6 Å². The minimum Gasteiger partial charge on any atom is -0.306 e. The van der Waals surface area contributed by atoms with Crippen LogP contribution < -0.4 is 10.6 Å². The number of rotatable bonds is 6. The van der Waals surface area contributed by atoms with Gasteiger partial charge in [0.25, 0.3) is 0 Å². The molecule has 0 aromatic carbocycles. The molecular weight excluding hydrogens is 140 g/mol. The molecule has 62 valence electrons. The highest BCUT2D eigenvalue weighted by atomic mass is 28.2. The summed E-state index contributed by atoms with van der Waals surface area (Å²) < 4.78 is 0. The van der Waals surface area contributed by atoms with Crippen LogP contribution in [-0.4, -0.2) is 28.4 Å². The third-order valence-corrected chi connectivity index (χ3v) is 3.21. The van der Waals surface area contributed by atoms with Crippen LogP contribution in [0, 0.1) is 0 Å². The van der Waals surface area contributed by atoms with Crippen molar-refractivity contribution in [3.05, 3.63) is 0 Å². The molecule has 0 radical (unpaired) electrons. The van der Waals surface area contributed by atoms with E-state index in [1.165, 1.54) is 6.04 Å². The maximum Gasteiger partial charge on any atom is 0.0583 e. The molecule has 0 aromatic rings. The van der Waals surface area contributed by atoms with E-state index in [0.717, 1.165) is 13.1 Å². The molecule has 0 unspecified atom stereocenters. The maximum absolute atomic E-state index is 3.44. The molecule has 0 rings (SSSR count). The summed E-state index contributed by atoms with van der Waals surface area (Å²) in [5, 5.41) is 6.87. The number of hydrogen-bond donors (Lipinski definition) is 2. The third-order valence-electron chi connectivity index (χ3n) is 1.48. The van der Waals surface area contributed by atoms with E-state index in [0.29, 0.717) is 5.79 Å². The molecule has 0 spiro atoms. The van der Waals surface area contributed by atoms with Crippen LogP contribution in [-0.2, 0) is 0 Å². The van der Waals surface area contributed by atoms with Gasteiger partial charge >= 0.3 is 0 Å². The Morgan fingerprint density at radius 2 is 1.60 bits per heavy atom. The third kappa shape index (κ3) is 4.96. The van der Waals surface area contributed by atoms with Crippen LogP contribution in [0.1, 0.15) is 20.8 Å². The molecule has 0 saturated carbocycles. The Labute approximate surface area is 66.6 Å². The van der Waals surface area contributed by atoms with Gasteiger partial charge in [0.2, 0.25) is 0 Å². The van der Waals surface area contributed by atoms with E-state index in [9.17, 15) is 0 Å². The van der Waals surface area contributed by atoms with E-state index in [2.05, 4.69) is 31.4 Å². The first-order chi connectivity index (χ1) is 4.85. The Morgan fingerprint density at radius 3 is 1.90 bits per heavy atom. The fraction of sp³-hybridized carbons (Fsp3) is 1.00. The lowest BCUT2D eigenvalue weighted by Gasteiger charge is -2.16. The monoisotopic (exact) mass is 160 g/mol. The van der Waals surface area contributed by atoms with E-state index in [-0.39, 0.29) is 9.52 Å². The molecule has 10 heavy (non-hydrogen) atoms. The Kier molecular flexibility index (Phi) is 7.35. The molecule has 0 atom stereocenters. The molecule has 0 aliphatic carbocycles. The van der Waals surface area contributed by atoms with Gasteiger partial charge in [0.05, 0.1) is 9.52 Å². The lowest BCUT2D eigenvalue weighted by atomic mass is 10.7. The molecular formula is C7H20N2Si. The average Bonchev–Trinajstić information content (AvgIpc) is 1.90. The van der Waals surface area contributed by atoms with Crippen molar-refractivity contribution in [1.82, 2.24) is 10.6 Å². The highest BCUT2D eigenvalue weighted by Crippen LogP contribution is 1.80. The zero-order valence-electron chi connectivity index (χ0n) is 7.41. The van der Waals surface area contributed by atoms with Crippen molar-refractivity contribution < 1.29 is 0 Å². The second-order valence-electron chi connectivity index (χ2n) is 2.46. The smallest absolute Gasteiger partial charge is 0.0583 e. The molecule has 0 amide bonds. The van der Waals surface area contributed by atoms with E-state index in [1.54, 1.807) is 0 Å². The van der Waals surface area contributed by atoms with Crippen LogP contribution in [0.25, 0.3) is 0 Å². The maximum atomic E-state index is 3.44. The topological polar surface area (TPSA) is 24.1 Å². The van der Waals surface area contributed by atoms with Gasteiger partial charge in [-0.25, -0.2) is 0 Å².